The molecule has 0 aromatic heterocycles. The monoisotopic (exact) mass is 547 g/mol. The number of nitrogens with zero attached hydrogens (tertiary/aromatic N) is 2. The van der Waals surface area contributed by atoms with E-state index in [9.17, 15) is 9.59 Å². The van der Waals surface area contributed by atoms with E-state index in [2.05, 4.69) is 5.32 Å². The Labute approximate surface area is 236 Å². The second-order valence-electron chi connectivity index (χ2n) is 12.0. The fourth-order valence-electron chi connectivity index (χ4n) is 7.01. The summed E-state index contributed by atoms with van der Waals surface area (Å²) in [7, 11) is 0. The molecule has 2 amide bonds. The van der Waals surface area contributed by atoms with Crippen molar-refractivity contribution in [1.82, 2.24) is 15.1 Å². The predicted molar refractivity (Wildman–Crippen MR) is 150 cm³/mol. The summed E-state index contributed by atoms with van der Waals surface area (Å²) in [6, 6.07) is 19.0. The molecular formula is C32H41N3O5. The molecule has 4 aliphatic rings. The van der Waals surface area contributed by atoms with E-state index in [4.69, 9.17) is 14.2 Å². The summed E-state index contributed by atoms with van der Waals surface area (Å²) in [5.74, 6) is 0.515. The van der Waals surface area contributed by atoms with Gasteiger partial charge in [0.25, 0.3) is 0 Å². The molecule has 3 aliphatic heterocycles. The molecule has 0 radical (unpaired) electrons. The lowest BCUT2D eigenvalue weighted by molar-refractivity contribution is -0.143. The molecule has 1 spiro atoms. The summed E-state index contributed by atoms with van der Waals surface area (Å²) in [6.07, 6.45) is 4.65. The van der Waals surface area contributed by atoms with Crippen LogP contribution in [0, 0.1) is 11.3 Å². The van der Waals surface area contributed by atoms with Crippen molar-refractivity contribution in [1.29, 1.82) is 0 Å². The summed E-state index contributed by atoms with van der Waals surface area (Å²) in [6.45, 7) is 4.93. The Kier molecular flexibility index (Phi) is 8.37. The molecule has 2 aromatic carbocycles. The van der Waals surface area contributed by atoms with Crippen molar-refractivity contribution in [2.45, 2.75) is 57.0 Å². The van der Waals surface area contributed by atoms with E-state index >= 15 is 0 Å². The Balaban J connectivity index is 1.09. The zero-order chi connectivity index (χ0) is 27.4. The van der Waals surface area contributed by atoms with Crippen LogP contribution in [0.2, 0.25) is 0 Å². The highest BCUT2D eigenvalue weighted by Gasteiger charge is 2.47. The van der Waals surface area contributed by atoms with Crippen LogP contribution < -0.4 is 5.32 Å². The van der Waals surface area contributed by atoms with Gasteiger partial charge in [-0.2, -0.15) is 0 Å². The Bertz CT molecular complexity index is 1130. The smallest absolute Gasteiger partial charge is 0.410 e. The number of piperidine rings is 1. The molecule has 8 nitrogen and oxygen atoms in total. The van der Waals surface area contributed by atoms with Gasteiger partial charge < -0.3 is 24.4 Å². The summed E-state index contributed by atoms with van der Waals surface area (Å²) < 4.78 is 18.1. The number of hydrogen-bond acceptors (Lipinski definition) is 6. The van der Waals surface area contributed by atoms with Crippen LogP contribution in [0.4, 0.5) is 4.79 Å². The van der Waals surface area contributed by atoms with Crippen LogP contribution in [0.3, 0.4) is 0 Å². The molecule has 2 aromatic rings. The normalized spacial score (nSPS) is 26.4. The van der Waals surface area contributed by atoms with E-state index < -0.39 is 12.1 Å². The van der Waals surface area contributed by atoms with Crippen LogP contribution in [-0.4, -0.2) is 79.9 Å². The van der Waals surface area contributed by atoms with Gasteiger partial charge in [0.2, 0.25) is 5.91 Å². The average Bonchev–Trinajstić information content (AvgIpc) is 3.43. The van der Waals surface area contributed by atoms with Gasteiger partial charge in [0.05, 0.1) is 25.8 Å². The van der Waals surface area contributed by atoms with Crippen molar-refractivity contribution in [3.05, 3.63) is 71.8 Å². The maximum absolute atomic E-state index is 13.9. The zero-order valence-corrected chi connectivity index (χ0v) is 23.2. The van der Waals surface area contributed by atoms with Gasteiger partial charge in [-0.3, -0.25) is 9.69 Å². The third-order valence-corrected chi connectivity index (χ3v) is 9.21. The average molecular weight is 548 g/mol. The number of amides is 2. The standard InChI is InChI=1S/C32H41N3O5/c36-30(34-15-16-38-29(21-34)26-9-5-2-6-10-26)28-17-27(39-23-25-18-32(19-25)11-13-33-14-12-32)20-35(28)31(37)40-22-24-7-3-1-4-8-24/h1-10,25,27-29,33H,11-23H2/t27-,28-,29-/m0/s1. The number of benzene rings is 2. The molecule has 0 unspecified atom stereocenters. The molecular weight excluding hydrogens is 506 g/mol. The lowest BCUT2D eigenvalue weighted by atomic mass is 9.58. The van der Waals surface area contributed by atoms with Gasteiger partial charge in [-0.1, -0.05) is 60.7 Å². The molecule has 3 atom stereocenters. The highest BCUT2D eigenvalue weighted by Crippen LogP contribution is 2.51. The molecule has 40 heavy (non-hydrogen) atoms. The van der Waals surface area contributed by atoms with E-state index in [1.165, 1.54) is 25.7 Å². The molecule has 0 bridgehead atoms. The second-order valence-corrected chi connectivity index (χ2v) is 12.0. The number of rotatable bonds is 7. The first-order valence-corrected chi connectivity index (χ1v) is 14.8. The maximum Gasteiger partial charge on any atom is 0.410 e. The predicted octanol–water partition coefficient (Wildman–Crippen LogP) is 4.16. The minimum absolute atomic E-state index is 0.0516. The van der Waals surface area contributed by atoms with Crippen molar-refractivity contribution in [2.24, 2.45) is 11.3 Å². The number of ether oxygens (including phenoxy) is 3. The van der Waals surface area contributed by atoms with E-state index in [0.29, 0.717) is 50.6 Å². The minimum Gasteiger partial charge on any atom is -0.445 e. The van der Waals surface area contributed by atoms with Crippen LogP contribution in [0.15, 0.2) is 60.7 Å². The molecule has 1 aliphatic carbocycles. The molecule has 3 heterocycles. The first kappa shape index (κ1) is 27.2. The van der Waals surface area contributed by atoms with Crippen LogP contribution in [0.5, 0.6) is 0 Å². The van der Waals surface area contributed by atoms with E-state index in [0.717, 1.165) is 24.2 Å². The molecule has 214 valence electrons. The number of carbonyl (C=O) groups excluding carboxylic acids is 2. The summed E-state index contributed by atoms with van der Waals surface area (Å²) in [5.41, 5.74) is 2.48. The molecule has 4 fully saturated rings. The Morgan fingerprint density at radius 3 is 2.45 bits per heavy atom. The van der Waals surface area contributed by atoms with Gasteiger partial charge in [-0.15, -0.1) is 0 Å². The Hall–Kier alpha value is -2.94. The minimum atomic E-state index is -0.597. The second kappa shape index (κ2) is 12.3. The summed E-state index contributed by atoms with van der Waals surface area (Å²) >= 11 is 0. The van der Waals surface area contributed by atoms with Crippen molar-refractivity contribution in [2.75, 3.05) is 45.9 Å². The number of carbonyl (C=O) groups is 2. The van der Waals surface area contributed by atoms with Gasteiger partial charge in [-0.05, 0) is 61.2 Å². The molecule has 1 N–H and O–H groups in total. The summed E-state index contributed by atoms with van der Waals surface area (Å²) in [5, 5.41) is 3.47. The van der Waals surface area contributed by atoms with Crippen LogP contribution in [-0.2, 0) is 25.6 Å². The van der Waals surface area contributed by atoms with Crippen LogP contribution in [0.25, 0.3) is 0 Å². The van der Waals surface area contributed by atoms with Gasteiger partial charge in [0, 0.05) is 19.6 Å². The third-order valence-electron chi connectivity index (χ3n) is 9.21. The number of likely N-dealkylation sites (tertiary alicyclic amines) is 1. The lowest BCUT2D eigenvalue weighted by Gasteiger charge is -2.50. The van der Waals surface area contributed by atoms with Crippen molar-refractivity contribution >= 4 is 12.0 Å². The lowest BCUT2D eigenvalue weighted by Crippen LogP contribution is -2.51. The van der Waals surface area contributed by atoms with Crippen LogP contribution in [0.1, 0.15) is 49.3 Å². The highest BCUT2D eigenvalue weighted by molar-refractivity contribution is 5.86. The largest absolute Gasteiger partial charge is 0.445 e. The molecule has 3 saturated heterocycles. The van der Waals surface area contributed by atoms with Crippen molar-refractivity contribution in [3.8, 4) is 0 Å². The van der Waals surface area contributed by atoms with Crippen molar-refractivity contribution in [3.63, 3.8) is 0 Å². The highest BCUT2D eigenvalue weighted by atomic mass is 16.6. The zero-order valence-electron chi connectivity index (χ0n) is 23.2. The number of hydrogen-bond donors (Lipinski definition) is 1. The first-order valence-electron chi connectivity index (χ1n) is 14.8. The Morgan fingerprint density at radius 2 is 1.70 bits per heavy atom. The topological polar surface area (TPSA) is 80.3 Å². The maximum atomic E-state index is 13.9. The molecule has 1 saturated carbocycles. The SMILES string of the molecule is O=C([C@@H]1C[C@H](OCC2CC3(CCNCC3)C2)CN1C(=O)OCc1ccccc1)N1CCO[C@H](c2ccccc2)C1. The van der Waals surface area contributed by atoms with Gasteiger partial charge in [0.1, 0.15) is 18.8 Å². The fourth-order valence-corrected chi connectivity index (χ4v) is 7.01. The third kappa shape index (κ3) is 6.19. The van der Waals surface area contributed by atoms with E-state index in [1.54, 1.807) is 4.90 Å². The van der Waals surface area contributed by atoms with Gasteiger partial charge in [0.15, 0.2) is 0 Å². The molecule has 8 heteroatoms. The van der Waals surface area contributed by atoms with E-state index in [1.807, 2.05) is 65.6 Å². The van der Waals surface area contributed by atoms with E-state index in [-0.39, 0.29) is 24.7 Å². The quantitative estimate of drug-likeness (QED) is 0.561. The first-order chi connectivity index (χ1) is 19.6. The number of nitrogens with one attached hydrogen (secondary N) is 1. The fraction of sp³-hybridized carbons (Fsp3) is 0.562. The molecule has 6 rings (SSSR count). The van der Waals surface area contributed by atoms with Crippen molar-refractivity contribution < 1.29 is 23.8 Å². The van der Waals surface area contributed by atoms with Gasteiger partial charge in [-0.25, -0.2) is 4.79 Å². The number of morpholine rings is 1. The summed E-state index contributed by atoms with van der Waals surface area (Å²) in [4.78, 5) is 30.6. The van der Waals surface area contributed by atoms with Gasteiger partial charge >= 0.3 is 6.09 Å². The van der Waals surface area contributed by atoms with Crippen LogP contribution >= 0.6 is 0 Å². The Morgan fingerprint density at radius 1 is 0.975 bits per heavy atom.